The van der Waals surface area contributed by atoms with E-state index >= 15 is 0 Å². The van der Waals surface area contributed by atoms with Crippen molar-refractivity contribution < 1.29 is 49.6 Å². The molecule has 13 nitrogen and oxygen atoms in total. The Morgan fingerprint density at radius 3 is 2.61 bits per heavy atom. The molecule has 0 amide bonds. The third-order valence-corrected chi connectivity index (χ3v) is 17.2. The Morgan fingerprint density at radius 1 is 0.823 bits per heavy atom. The fraction of sp³-hybridized carbons (Fsp3) is 0.424. The number of aliphatic hydroxyl groups excluding tert-OH is 3. The molecule has 13 heteroatoms. The zero-order chi connectivity index (χ0) is 54.3. The highest BCUT2D eigenvalue weighted by Crippen LogP contribution is 2.52. The predicted molar refractivity (Wildman–Crippen MR) is 304 cm³/mol. The fourth-order valence-electron chi connectivity index (χ4n) is 12.9. The van der Waals surface area contributed by atoms with Gasteiger partial charge < -0.3 is 59.5 Å². The van der Waals surface area contributed by atoms with E-state index in [0.29, 0.717) is 69.7 Å². The molecule has 8 N–H and O–H groups in total. The van der Waals surface area contributed by atoms with E-state index < -0.39 is 6.10 Å². The summed E-state index contributed by atoms with van der Waals surface area (Å²) in [5.41, 5.74) is 10.5. The minimum absolute atomic E-state index is 0.0180. The number of dihydropyridines is 1. The Labute approximate surface area is 463 Å². The monoisotopic (exact) mass is 1070 g/mol. The first-order chi connectivity index (χ1) is 38.6. The largest absolute Gasteiger partial charge is 0.508 e. The number of phenolic OH excluding ortho intramolecular Hbond substituents is 3. The van der Waals surface area contributed by atoms with Crippen LogP contribution in [-0.2, 0) is 58.5 Å². The minimum Gasteiger partial charge on any atom is -0.508 e. The third-order valence-electron chi connectivity index (χ3n) is 17.2. The van der Waals surface area contributed by atoms with Gasteiger partial charge in [0, 0.05) is 71.9 Å². The van der Waals surface area contributed by atoms with Crippen molar-refractivity contribution in [2.24, 2.45) is 11.8 Å². The number of fused-ring (bicyclic) bond motifs is 9. The summed E-state index contributed by atoms with van der Waals surface area (Å²) in [6.45, 7) is 2.35. The lowest BCUT2D eigenvalue weighted by atomic mass is 9.57. The van der Waals surface area contributed by atoms with Gasteiger partial charge in [-0.05, 0) is 182 Å². The maximum atomic E-state index is 11.8. The van der Waals surface area contributed by atoms with Crippen molar-refractivity contribution in [3.63, 3.8) is 0 Å². The summed E-state index contributed by atoms with van der Waals surface area (Å²) in [5.74, 6) is 9.24. The minimum atomic E-state index is -0.714. The van der Waals surface area contributed by atoms with Crippen LogP contribution in [0.5, 0.6) is 23.0 Å². The van der Waals surface area contributed by atoms with E-state index in [1.165, 1.54) is 16.7 Å². The van der Waals surface area contributed by atoms with Crippen LogP contribution in [0.3, 0.4) is 0 Å². The summed E-state index contributed by atoms with van der Waals surface area (Å²) in [6.07, 6.45) is 15.0. The normalized spacial score (nSPS) is 23.2. The van der Waals surface area contributed by atoms with Crippen LogP contribution in [0.4, 0.5) is 0 Å². The van der Waals surface area contributed by atoms with E-state index in [-0.39, 0.29) is 79.9 Å². The first-order valence-electron chi connectivity index (χ1n) is 28.6. The Balaban J connectivity index is 1.02. The van der Waals surface area contributed by atoms with Crippen LogP contribution in [-0.4, -0.2) is 93.3 Å². The second-order valence-electron chi connectivity index (χ2n) is 22.4. The van der Waals surface area contributed by atoms with Crippen LogP contribution in [0.2, 0.25) is 0 Å². The molecular weight excluding hydrogens is 995 g/mol. The van der Waals surface area contributed by atoms with Gasteiger partial charge in [0.25, 0.3) is 0 Å². The van der Waals surface area contributed by atoms with Gasteiger partial charge in [-0.2, -0.15) is 0 Å². The molecule has 6 bridgehead atoms. The van der Waals surface area contributed by atoms with Gasteiger partial charge in [0.15, 0.2) is 11.5 Å². The smallest absolute Gasteiger partial charge is 0.161 e. The first kappa shape index (κ1) is 54.4. The number of nitrogens with one attached hydrogen (secondary N) is 2. The van der Waals surface area contributed by atoms with Crippen LogP contribution in [0, 0.1) is 23.7 Å². The molecule has 5 heterocycles. The van der Waals surface area contributed by atoms with Gasteiger partial charge in [-0.15, -0.1) is 0 Å². The number of hydrogen-bond acceptors (Lipinski definition) is 12. The highest BCUT2D eigenvalue weighted by atomic mass is 16.5. The number of phenols is 3. The molecule has 79 heavy (non-hydrogen) atoms. The zero-order valence-corrected chi connectivity index (χ0v) is 45.1. The molecule has 414 valence electrons. The van der Waals surface area contributed by atoms with E-state index in [0.717, 1.165) is 107 Å². The van der Waals surface area contributed by atoms with E-state index in [2.05, 4.69) is 88.0 Å². The molecular formula is C66H75N3O10. The van der Waals surface area contributed by atoms with E-state index in [4.69, 9.17) is 18.9 Å². The van der Waals surface area contributed by atoms with Crippen molar-refractivity contribution in [2.45, 2.75) is 127 Å². The van der Waals surface area contributed by atoms with E-state index in [9.17, 15) is 30.6 Å². The highest BCUT2D eigenvalue weighted by Gasteiger charge is 2.47. The van der Waals surface area contributed by atoms with Gasteiger partial charge in [-0.25, -0.2) is 0 Å². The molecule has 6 aromatic rings. The molecule has 1 fully saturated rings. The molecule has 1 aromatic heterocycles. The number of benzene rings is 5. The van der Waals surface area contributed by atoms with Gasteiger partial charge in [0.1, 0.15) is 30.1 Å². The summed E-state index contributed by atoms with van der Waals surface area (Å²) >= 11 is 0. The fourth-order valence-corrected chi connectivity index (χ4v) is 12.9. The summed E-state index contributed by atoms with van der Waals surface area (Å²) < 4.78 is 28.2. The quantitative estimate of drug-likeness (QED) is 0.0294. The number of aliphatic hydroxyl groups is 3. The maximum absolute atomic E-state index is 11.8. The van der Waals surface area contributed by atoms with Gasteiger partial charge in [-0.1, -0.05) is 66.4 Å². The van der Waals surface area contributed by atoms with Crippen molar-refractivity contribution in [1.82, 2.24) is 15.2 Å². The number of aromatic hydroxyl groups is 3. The second kappa shape index (κ2) is 24.8. The molecule has 0 spiro atoms. The number of unbranched alkanes of at least 4 members (excludes halogenated alkanes) is 1. The average molecular weight is 1070 g/mol. The Bertz CT molecular complexity index is 3260. The van der Waals surface area contributed by atoms with Crippen LogP contribution >= 0.6 is 0 Å². The SMILES string of the molecule is OCCCCOCNC1C=C2C#CC(CCc3ccc(O)c(Cc4cccc(O)c4)c3)CCCC3CC(O)CCc4cc(c(O)cc4CO)OCc4cc(C56CCOCC5CCc5ccccc56)cc5cn(cc45)C(=C2CO3)N1. The van der Waals surface area contributed by atoms with Crippen molar-refractivity contribution in [1.29, 1.82) is 0 Å². The zero-order valence-electron chi connectivity index (χ0n) is 45.1. The lowest BCUT2D eigenvalue weighted by molar-refractivity contribution is 0.00498. The van der Waals surface area contributed by atoms with Crippen molar-refractivity contribution in [2.75, 3.05) is 39.8 Å². The maximum Gasteiger partial charge on any atom is 0.161 e. The summed E-state index contributed by atoms with van der Waals surface area (Å²) in [7, 11) is 0. The summed E-state index contributed by atoms with van der Waals surface area (Å²) in [5, 5.41) is 73.7. The number of aryl methyl sites for hydroxylation is 3. The molecule has 6 unspecified atom stereocenters. The van der Waals surface area contributed by atoms with Gasteiger partial charge in [0.05, 0.1) is 38.8 Å². The molecule has 0 radical (unpaired) electrons. The van der Waals surface area contributed by atoms with Gasteiger partial charge >= 0.3 is 0 Å². The molecule has 5 aromatic carbocycles. The van der Waals surface area contributed by atoms with Gasteiger partial charge in [-0.3, -0.25) is 5.32 Å². The predicted octanol–water partition coefficient (Wildman–Crippen LogP) is 9.57. The van der Waals surface area contributed by atoms with Crippen LogP contribution in [0.25, 0.3) is 16.6 Å². The molecule has 5 aliphatic rings. The summed E-state index contributed by atoms with van der Waals surface area (Å²) in [4.78, 5) is 0. The topological polar surface area (TPSA) is 187 Å². The molecule has 0 saturated carbocycles. The van der Waals surface area contributed by atoms with Crippen molar-refractivity contribution >= 4 is 16.6 Å². The molecule has 1 saturated heterocycles. The standard InChI is InChI=1S/C66H75N3O10/c70-24-3-4-25-77-42-67-64-34-48-17-15-43(13-14-44-16-22-61(74)49(27-44)28-45-8-5-10-55(72)29-45)7-6-11-57-35-56(73)21-19-47-33-63(62(75)32-51(47)38-71)79-39-52-31-54(30-50-36-69(37-58(50)52)65(68-64)59(48)41-78-57)66-23-26-76-40-53(66)20-18-46-9-1-2-12-60(46)66/h1-2,5,8-10,12,16,22,27,29-34,36-37,43,53,56-57,64,67-68,70-75H,3-4,6-7,11,13-14,18-21,23-26,28,35,38-42H2. The molecule has 6 atom stereocenters. The molecule has 11 rings (SSSR count). The first-order valence-corrected chi connectivity index (χ1v) is 28.6. The Hall–Kier alpha value is -6.60. The number of hydrogen-bond donors (Lipinski definition) is 8. The van der Waals surface area contributed by atoms with E-state index in [1.807, 2.05) is 24.3 Å². The molecule has 4 aliphatic heterocycles. The average Bonchev–Trinajstić information content (AvgIpc) is 4.12. The number of nitrogens with zero attached hydrogens (tertiary/aromatic N) is 1. The summed E-state index contributed by atoms with van der Waals surface area (Å²) in [6, 6.07) is 29.9. The van der Waals surface area contributed by atoms with Crippen LogP contribution in [0.15, 0.2) is 121 Å². The number of ether oxygens (including phenoxy) is 4. The van der Waals surface area contributed by atoms with Crippen molar-refractivity contribution in [3.05, 3.63) is 171 Å². The lowest BCUT2D eigenvalue weighted by Gasteiger charge is -2.49. The Morgan fingerprint density at radius 2 is 1.72 bits per heavy atom. The highest BCUT2D eigenvalue weighted by molar-refractivity contribution is 5.88. The lowest BCUT2D eigenvalue weighted by Crippen LogP contribution is -2.47. The molecule has 1 aliphatic carbocycles. The van der Waals surface area contributed by atoms with Crippen molar-refractivity contribution in [3.8, 4) is 34.8 Å². The van der Waals surface area contributed by atoms with E-state index in [1.54, 1.807) is 24.3 Å². The number of aromatic nitrogens is 1. The van der Waals surface area contributed by atoms with Crippen LogP contribution < -0.4 is 15.4 Å². The van der Waals surface area contributed by atoms with Crippen LogP contribution in [0.1, 0.15) is 114 Å². The second-order valence-corrected chi connectivity index (χ2v) is 22.4. The third kappa shape index (κ3) is 12.3. The van der Waals surface area contributed by atoms with Gasteiger partial charge in [0.2, 0.25) is 0 Å². The number of rotatable bonds is 14. The Kier molecular flexibility index (Phi) is 17.1.